The Morgan fingerprint density at radius 3 is 2.69 bits per heavy atom. The molecule has 2 rings (SSSR count). The average molecular weight is 235 g/mol. The maximum atomic E-state index is 8.95. The zero-order valence-corrected chi connectivity index (χ0v) is 10.3. The summed E-state index contributed by atoms with van der Waals surface area (Å²) < 4.78 is 2.37. The van der Waals surface area contributed by atoms with E-state index in [2.05, 4.69) is 22.3 Å². The Balaban J connectivity index is 1.93. The molecule has 1 aromatic rings. The van der Waals surface area contributed by atoms with Crippen molar-refractivity contribution in [2.75, 3.05) is 33.2 Å². The van der Waals surface area contributed by atoms with Gasteiger partial charge in [0, 0.05) is 31.1 Å². The molecule has 0 aliphatic carbocycles. The highest BCUT2D eigenvalue weighted by molar-refractivity contribution is 7.97. The topological polar surface area (TPSA) is 26.7 Å². The summed E-state index contributed by atoms with van der Waals surface area (Å²) in [4.78, 5) is 3.53. The van der Waals surface area contributed by atoms with Gasteiger partial charge in [0.15, 0.2) is 0 Å². The predicted molar refractivity (Wildman–Crippen MR) is 69.0 cm³/mol. The van der Waals surface area contributed by atoms with E-state index in [9.17, 15) is 0 Å². The van der Waals surface area contributed by atoms with Gasteiger partial charge in [-0.25, -0.2) is 4.31 Å². The first kappa shape index (κ1) is 12.0. The molecule has 0 spiro atoms. The molecular formula is C11H16BN2OS. The van der Waals surface area contributed by atoms with Gasteiger partial charge in [-0.3, -0.25) is 0 Å². The normalized spacial score (nSPS) is 18.6. The summed E-state index contributed by atoms with van der Waals surface area (Å²) in [5.74, 6) is 0. The molecule has 0 unspecified atom stereocenters. The molecule has 16 heavy (non-hydrogen) atoms. The van der Waals surface area contributed by atoms with Gasteiger partial charge in [0.1, 0.15) is 0 Å². The van der Waals surface area contributed by atoms with Gasteiger partial charge in [0.25, 0.3) is 0 Å². The summed E-state index contributed by atoms with van der Waals surface area (Å²) in [6.07, 6.45) is 0. The van der Waals surface area contributed by atoms with Crippen LogP contribution in [-0.2, 0) is 0 Å². The monoisotopic (exact) mass is 235 g/mol. The third-order valence-corrected chi connectivity index (χ3v) is 3.79. The maximum absolute atomic E-state index is 8.95. The van der Waals surface area contributed by atoms with E-state index in [0.717, 1.165) is 39.1 Å². The SMILES string of the molecule is CN1CCN(Sc2cccc([B]O)c2)CC1. The van der Waals surface area contributed by atoms with Crippen LogP contribution in [0.2, 0.25) is 0 Å². The smallest absolute Gasteiger partial charge is 0.326 e. The van der Waals surface area contributed by atoms with Gasteiger partial charge >= 0.3 is 7.48 Å². The van der Waals surface area contributed by atoms with Crippen molar-refractivity contribution in [1.29, 1.82) is 0 Å². The summed E-state index contributed by atoms with van der Waals surface area (Å²) in [7, 11) is 3.30. The number of piperazine rings is 1. The molecule has 85 valence electrons. The lowest BCUT2D eigenvalue weighted by atomic mass is 9.89. The van der Waals surface area contributed by atoms with Crippen molar-refractivity contribution in [3.8, 4) is 0 Å². The van der Waals surface area contributed by atoms with Crippen LogP contribution in [0.3, 0.4) is 0 Å². The van der Waals surface area contributed by atoms with Crippen LogP contribution in [0.4, 0.5) is 0 Å². The van der Waals surface area contributed by atoms with E-state index in [4.69, 9.17) is 5.02 Å². The Morgan fingerprint density at radius 1 is 1.25 bits per heavy atom. The molecule has 1 aromatic carbocycles. The molecule has 1 fully saturated rings. The molecule has 0 bridgehead atoms. The highest BCUT2D eigenvalue weighted by Gasteiger charge is 2.14. The van der Waals surface area contributed by atoms with E-state index in [1.807, 2.05) is 18.2 Å². The fourth-order valence-corrected chi connectivity index (χ4v) is 2.65. The molecule has 1 aliphatic heterocycles. The van der Waals surface area contributed by atoms with Crippen LogP contribution in [0.25, 0.3) is 0 Å². The second-order valence-corrected chi connectivity index (χ2v) is 5.20. The Morgan fingerprint density at radius 2 is 2.00 bits per heavy atom. The van der Waals surface area contributed by atoms with Crippen molar-refractivity contribution < 1.29 is 5.02 Å². The van der Waals surface area contributed by atoms with Gasteiger partial charge in [-0.15, -0.1) is 0 Å². The zero-order chi connectivity index (χ0) is 11.4. The number of likely N-dealkylation sites (N-methyl/N-ethyl adjacent to an activating group) is 1. The van der Waals surface area contributed by atoms with Crippen LogP contribution < -0.4 is 5.46 Å². The Kier molecular flexibility index (Phi) is 4.29. The molecule has 0 aromatic heterocycles. The second kappa shape index (κ2) is 5.73. The third-order valence-electron chi connectivity index (χ3n) is 2.70. The van der Waals surface area contributed by atoms with Crippen molar-refractivity contribution in [2.45, 2.75) is 4.90 Å². The maximum Gasteiger partial charge on any atom is 0.326 e. The van der Waals surface area contributed by atoms with E-state index >= 15 is 0 Å². The largest absolute Gasteiger partial charge is 0.450 e. The third kappa shape index (κ3) is 3.25. The summed E-state index contributed by atoms with van der Waals surface area (Å²) in [5, 5.41) is 8.95. The lowest BCUT2D eigenvalue weighted by Crippen LogP contribution is -2.41. The first-order chi connectivity index (χ1) is 7.78. The molecular weight excluding hydrogens is 219 g/mol. The molecule has 0 atom stereocenters. The molecule has 5 heteroatoms. The van der Waals surface area contributed by atoms with Crippen LogP contribution in [0.15, 0.2) is 29.2 Å². The molecule has 0 saturated carbocycles. The molecule has 1 saturated heterocycles. The van der Waals surface area contributed by atoms with Gasteiger partial charge in [-0.1, -0.05) is 23.7 Å². The minimum absolute atomic E-state index is 0.860. The highest BCUT2D eigenvalue weighted by Crippen LogP contribution is 2.22. The molecule has 1 heterocycles. The van der Waals surface area contributed by atoms with Crippen molar-refractivity contribution in [1.82, 2.24) is 9.21 Å². The molecule has 3 nitrogen and oxygen atoms in total. The summed E-state index contributed by atoms with van der Waals surface area (Å²) >= 11 is 1.77. The van der Waals surface area contributed by atoms with Crippen LogP contribution in [0.5, 0.6) is 0 Å². The number of hydrogen-bond donors (Lipinski definition) is 1. The van der Waals surface area contributed by atoms with Gasteiger partial charge in [-0.05, 0) is 25.1 Å². The standard InChI is InChI=1S/C11H16BN2OS/c1-13-5-7-14(8-6-13)16-11-4-2-3-10(9-11)12-15/h2-4,9,15H,5-8H2,1H3. The highest BCUT2D eigenvalue weighted by atomic mass is 32.2. The predicted octanol–water partition coefficient (Wildman–Crippen LogP) is 0.178. The summed E-state index contributed by atoms with van der Waals surface area (Å²) in [6.45, 7) is 4.43. The summed E-state index contributed by atoms with van der Waals surface area (Å²) in [5.41, 5.74) is 0.860. The zero-order valence-electron chi connectivity index (χ0n) is 9.47. The van der Waals surface area contributed by atoms with E-state index < -0.39 is 0 Å². The van der Waals surface area contributed by atoms with Crippen molar-refractivity contribution in [2.24, 2.45) is 0 Å². The Labute approximate surface area is 102 Å². The van der Waals surface area contributed by atoms with E-state index in [-0.39, 0.29) is 0 Å². The molecule has 1 radical (unpaired) electrons. The molecule has 0 amide bonds. The van der Waals surface area contributed by atoms with Gasteiger partial charge < -0.3 is 9.92 Å². The van der Waals surface area contributed by atoms with Crippen molar-refractivity contribution in [3.63, 3.8) is 0 Å². The number of benzene rings is 1. The van der Waals surface area contributed by atoms with Crippen molar-refractivity contribution >= 4 is 24.9 Å². The Bertz CT molecular complexity index is 343. The fraction of sp³-hybridized carbons (Fsp3) is 0.455. The molecule has 1 aliphatic rings. The van der Waals surface area contributed by atoms with Crippen LogP contribution in [0.1, 0.15) is 0 Å². The lowest BCUT2D eigenvalue weighted by molar-refractivity contribution is 0.233. The minimum Gasteiger partial charge on any atom is -0.450 e. The quantitative estimate of drug-likeness (QED) is 0.597. The second-order valence-electron chi connectivity index (χ2n) is 4.03. The fourth-order valence-electron chi connectivity index (χ4n) is 1.68. The first-order valence-corrected chi connectivity index (χ1v) is 6.24. The number of rotatable bonds is 3. The van der Waals surface area contributed by atoms with E-state index in [1.54, 1.807) is 11.9 Å². The van der Waals surface area contributed by atoms with Crippen molar-refractivity contribution in [3.05, 3.63) is 24.3 Å². The summed E-state index contributed by atoms with van der Waals surface area (Å²) in [6, 6.07) is 7.95. The Hall–Kier alpha value is -0.485. The lowest BCUT2D eigenvalue weighted by Gasteiger charge is -2.31. The van der Waals surface area contributed by atoms with Gasteiger partial charge in [-0.2, -0.15) is 0 Å². The molecule has 1 N–H and O–H groups in total. The number of nitrogens with zero attached hydrogens (tertiary/aromatic N) is 2. The minimum atomic E-state index is 0.860. The van der Waals surface area contributed by atoms with Gasteiger partial charge in [0.2, 0.25) is 0 Å². The van der Waals surface area contributed by atoms with E-state index in [0.29, 0.717) is 0 Å². The van der Waals surface area contributed by atoms with Crippen LogP contribution in [-0.4, -0.2) is 54.9 Å². The van der Waals surface area contributed by atoms with Gasteiger partial charge in [0.05, 0.1) is 0 Å². The van der Waals surface area contributed by atoms with Crippen LogP contribution >= 0.6 is 11.9 Å². The average Bonchev–Trinajstić information content (AvgIpc) is 2.32. The van der Waals surface area contributed by atoms with E-state index in [1.165, 1.54) is 4.90 Å². The number of hydrogen-bond acceptors (Lipinski definition) is 4. The first-order valence-electron chi connectivity index (χ1n) is 5.47. The van der Waals surface area contributed by atoms with Crippen LogP contribution in [0, 0.1) is 0 Å².